The number of aliphatic hydroxyl groups excluding tert-OH is 6. The fourth-order valence-electron chi connectivity index (χ4n) is 18.2. The van der Waals surface area contributed by atoms with Gasteiger partial charge in [0.15, 0.2) is 0 Å². The summed E-state index contributed by atoms with van der Waals surface area (Å²) < 4.78 is 64.4. The fraction of sp³-hybridized carbons (Fsp3) is 0.962. The molecule has 404 valence electrons. The Morgan fingerprint density at radius 2 is 0.901 bits per heavy atom. The third kappa shape index (κ3) is 12.3. The van der Waals surface area contributed by atoms with Crippen molar-refractivity contribution in [3.63, 3.8) is 0 Å². The molecule has 0 bridgehead atoms. The van der Waals surface area contributed by atoms with Gasteiger partial charge >= 0.3 is 45.5 Å². The predicted octanol–water partition coefficient (Wildman–Crippen LogP) is 3.67. The number of rotatable bonds is 14. The number of fused-ring (bicyclic) bond motifs is 10. The van der Waals surface area contributed by atoms with Crippen LogP contribution in [0.15, 0.2) is 0 Å². The molecule has 8 saturated carbocycles. The van der Waals surface area contributed by atoms with Gasteiger partial charge in [0.25, 0.3) is 0 Å². The van der Waals surface area contributed by atoms with Crippen molar-refractivity contribution in [1.82, 2.24) is 10.6 Å². The maximum atomic E-state index is 12.2. The number of nitrogens with one attached hydrogen (secondary N) is 2. The second kappa shape index (κ2) is 23.1. The number of carbonyl (C=O) groups is 2. The molecule has 0 aromatic heterocycles. The van der Waals surface area contributed by atoms with E-state index in [1.165, 1.54) is 0 Å². The first kappa shape index (κ1) is 60.2. The van der Waals surface area contributed by atoms with E-state index >= 15 is 0 Å². The van der Waals surface area contributed by atoms with Gasteiger partial charge in [-0.3, -0.25) is 9.59 Å². The first-order chi connectivity index (χ1) is 32.5. The van der Waals surface area contributed by atoms with E-state index in [1.54, 1.807) is 0 Å². The quantitative estimate of drug-likeness (QED) is 0.0910. The smallest absolute Gasteiger partial charge is 0.748 e. The summed E-state index contributed by atoms with van der Waals surface area (Å²) in [7, 11) is -8.69. The molecule has 0 aliphatic heterocycles. The normalized spacial score (nSPS) is 45.6. The molecule has 8 aliphatic carbocycles. The molecule has 16 nitrogen and oxygen atoms in total. The van der Waals surface area contributed by atoms with E-state index in [0.717, 1.165) is 77.0 Å². The van der Waals surface area contributed by atoms with Crippen molar-refractivity contribution < 1.29 is 66.2 Å². The summed E-state index contributed by atoms with van der Waals surface area (Å²) in [6.45, 7) is 13.0. The van der Waals surface area contributed by atoms with Gasteiger partial charge in [-0.25, -0.2) is 16.8 Å². The van der Waals surface area contributed by atoms with Gasteiger partial charge in [0.1, 0.15) is 0 Å². The van der Waals surface area contributed by atoms with E-state index < -0.39 is 56.2 Å². The number of hydrogen-bond donors (Lipinski definition) is 8. The zero-order chi connectivity index (χ0) is 51.5. The van der Waals surface area contributed by atoms with Crippen molar-refractivity contribution in [2.24, 2.45) is 92.7 Å². The maximum Gasteiger partial charge on any atom is 2.00 e. The minimum atomic E-state index is -4.35. The van der Waals surface area contributed by atoms with Crippen LogP contribution in [0, 0.1) is 92.7 Å². The third-order valence-electron chi connectivity index (χ3n) is 22.0. The largest absolute Gasteiger partial charge is 2.00 e. The van der Waals surface area contributed by atoms with Crippen LogP contribution in [0.3, 0.4) is 0 Å². The van der Waals surface area contributed by atoms with Gasteiger partial charge in [-0.2, -0.15) is 0 Å². The predicted molar refractivity (Wildman–Crippen MR) is 266 cm³/mol. The van der Waals surface area contributed by atoms with Crippen LogP contribution in [0.1, 0.15) is 157 Å². The van der Waals surface area contributed by atoms with Crippen LogP contribution in [-0.4, -0.2) is 175 Å². The summed E-state index contributed by atoms with van der Waals surface area (Å²) in [5.41, 5.74) is -0.534. The third-order valence-corrected chi connectivity index (χ3v) is 23.5. The van der Waals surface area contributed by atoms with E-state index in [0.29, 0.717) is 37.5 Å². The van der Waals surface area contributed by atoms with Crippen LogP contribution in [-0.2, 0) is 29.8 Å². The minimum absolute atomic E-state index is 0. The van der Waals surface area contributed by atoms with Crippen molar-refractivity contribution in [2.45, 2.75) is 194 Å². The molecule has 8 aliphatic rings. The van der Waals surface area contributed by atoms with Crippen molar-refractivity contribution in [2.75, 3.05) is 24.6 Å². The molecule has 0 aromatic rings. The minimum Gasteiger partial charge on any atom is -0.748 e. The van der Waals surface area contributed by atoms with Gasteiger partial charge in [-0.05, 0) is 195 Å². The van der Waals surface area contributed by atoms with Crippen LogP contribution < -0.4 is 10.6 Å². The number of hydrogen-bond acceptors (Lipinski definition) is 14. The Labute approximate surface area is 461 Å². The van der Waals surface area contributed by atoms with Crippen molar-refractivity contribution in [1.29, 1.82) is 0 Å². The molecule has 19 heteroatoms. The molecular weight excluding hydrogens is 1030 g/mol. The van der Waals surface area contributed by atoms with Gasteiger partial charge < -0.3 is 50.4 Å². The molecule has 71 heavy (non-hydrogen) atoms. The molecule has 0 radical (unpaired) electrons. The van der Waals surface area contributed by atoms with Crippen molar-refractivity contribution in [3.05, 3.63) is 0 Å². The van der Waals surface area contributed by atoms with Gasteiger partial charge in [-0.15, -0.1) is 0 Å². The molecule has 0 saturated heterocycles. The molecule has 0 spiro atoms. The van der Waals surface area contributed by atoms with Gasteiger partial charge in [0.05, 0.1) is 68.4 Å². The van der Waals surface area contributed by atoms with Crippen LogP contribution >= 0.6 is 0 Å². The summed E-state index contributed by atoms with van der Waals surface area (Å²) in [4.78, 5) is 24.4. The maximum absolute atomic E-state index is 12.2. The Kier molecular flexibility index (Phi) is 19.6. The molecule has 8 N–H and O–H groups in total. The SMILES string of the molecule is CC(CCC(=O)NCCS(=O)(=O)[O-])[C@H]1CC[C@H]2C3[C@H](O)CC4C[C@H](O)CC[C@]4(C)[C@H]3C[C@H](O)[C@]12C.CC(CCC(=O)NCCS(=O)(=O)[O-])[C@H]1CC[C@H]2C3[C@H](O)CC4C[C@H](O)CC[C@]4(C)[C@H]3C[C@H](O)[C@]12C.[Sr+2]. The van der Waals surface area contributed by atoms with E-state index in [1.807, 2.05) is 0 Å². The molecule has 2 amide bonds. The Bertz CT molecular complexity index is 1940. The summed E-state index contributed by atoms with van der Waals surface area (Å²) in [5, 5.41) is 71.5. The van der Waals surface area contributed by atoms with E-state index in [9.17, 15) is 66.2 Å². The Hall–Kier alpha value is 0.000519. The molecule has 8 fully saturated rings. The van der Waals surface area contributed by atoms with Crippen LogP contribution in [0.4, 0.5) is 0 Å². The number of carbonyl (C=O) groups excluding carboxylic acids is 2. The first-order valence-electron chi connectivity index (χ1n) is 27.0. The summed E-state index contributed by atoms with van der Waals surface area (Å²) in [6.07, 6.45) is 11.2. The molecule has 22 atom stereocenters. The van der Waals surface area contributed by atoms with Crippen LogP contribution in [0.25, 0.3) is 0 Å². The van der Waals surface area contributed by atoms with Crippen LogP contribution in [0.2, 0.25) is 0 Å². The molecule has 6 unspecified atom stereocenters. The molecule has 0 aromatic carbocycles. The average Bonchev–Trinajstić information content (AvgIpc) is 3.81. The Morgan fingerprint density at radius 1 is 0.549 bits per heavy atom. The summed E-state index contributed by atoms with van der Waals surface area (Å²) in [6, 6.07) is 0. The van der Waals surface area contributed by atoms with Gasteiger partial charge in [0, 0.05) is 25.9 Å². The van der Waals surface area contributed by atoms with E-state index in [2.05, 4.69) is 52.2 Å². The Balaban J connectivity index is 0.000000229. The second-order valence-electron chi connectivity index (χ2n) is 25.3. The molecule has 8 rings (SSSR count). The zero-order valence-electron chi connectivity index (χ0n) is 43.4. The zero-order valence-corrected chi connectivity index (χ0v) is 48.5. The first-order valence-corrected chi connectivity index (χ1v) is 30.2. The number of aliphatic hydroxyl groups is 6. The molecular formula is C52H88N2O14S2Sr. The van der Waals surface area contributed by atoms with E-state index in [-0.39, 0.29) is 176 Å². The summed E-state index contributed by atoms with van der Waals surface area (Å²) >= 11 is 0. The van der Waals surface area contributed by atoms with Gasteiger partial charge in [0.2, 0.25) is 11.8 Å². The topological polar surface area (TPSA) is 294 Å². The van der Waals surface area contributed by atoms with Crippen molar-refractivity contribution >= 4 is 77.5 Å². The van der Waals surface area contributed by atoms with Crippen molar-refractivity contribution in [3.8, 4) is 0 Å². The molecule has 0 heterocycles. The average molecular weight is 1120 g/mol. The Morgan fingerprint density at radius 3 is 1.24 bits per heavy atom. The fourth-order valence-corrected chi connectivity index (χ4v) is 18.9. The second-order valence-corrected chi connectivity index (χ2v) is 28.4. The van der Waals surface area contributed by atoms with Gasteiger partial charge in [-0.1, -0.05) is 41.5 Å². The monoisotopic (exact) mass is 1120 g/mol. The van der Waals surface area contributed by atoms with E-state index in [4.69, 9.17) is 0 Å². The summed E-state index contributed by atoms with van der Waals surface area (Å²) in [5.74, 6) is 1.04. The standard InChI is InChI=1S/2C26H45NO7S.Sr/c2*1-15(4-7-23(31)27-10-11-35(32,33)34)18-5-6-19-24-20(14-22(30)26(18,19)3)25(2)9-8-17(28)12-16(25)13-21(24)29;/h2*15-22,24,28-30H,4-14H2,1-3H3,(H,27,31)(H,32,33,34);/q;;+2/p-2/t2*15?,16?,17-,18-,19+,20+,21-,22+,24?,25+,26-;/m11./s1. The number of amides is 2. The van der Waals surface area contributed by atoms with Crippen LogP contribution in [0.5, 0.6) is 0 Å².